The first-order valence-electron chi connectivity index (χ1n) is 8.42. The third kappa shape index (κ3) is 2.26. The summed E-state index contributed by atoms with van der Waals surface area (Å²) in [5.74, 6) is 1.68. The zero-order valence-electron chi connectivity index (χ0n) is 13.4. The van der Waals surface area contributed by atoms with Gasteiger partial charge in [0.1, 0.15) is 11.5 Å². The van der Waals surface area contributed by atoms with Crippen LogP contribution in [0.15, 0.2) is 46.9 Å². The molecule has 3 nitrogen and oxygen atoms in total. The van der Waals surface area contributed by atoms with E-state index in [1.54, 1.807) is 0 Å². The van der Waals surface area contributed by atoms with Crippen molar-refractivity contribution in [3.05, 3.63) is 58.1 Å². The second-order valence-electron chi connectivity index (χ2n) is 6.62. The fraction of sp³-hybridized carbons (Fsp3) is 0.400. The maximum atomic E-state index is 12.6. The van der Waals surface area contributed by atoms with E-state index in [4.69, 9.17) is 4.74 Å². The molecule has 3 heteroatoms. The molecule has 0 aromatic heterocycles. The van der Waals surface area contributed by atoms with E-state index in [1.165, 1.54) is 0 Å². The van der Waals surface area contributed by atoms with Crippen LogP contribution in [0.2, 0.25) is 0 Å². The molecule has 1 heterocycles. The largest absolute Gasteiger partial charge is 0.465 e. The summed E-state index contributed by atoms with van der Waals surface area (Å²) in [7, 11) is 0. The molecule has 1 aromatic carbocycles. The van der Waals surface area contributed by atoms with Crippen LogP contribution >= 0.6 is 0 Å². The van der Waals surface area contributed by atoms with Crippen LogP contribution in [-0.2, 0) is 14.3 Å². The average molecular weight is 308 g/mol. The molecule has 0 amide bonds. The number of aryl methyl sites for hydroxylation is 1. The van der Waals surface area contributed by atoms with Gasteiger partial charge in [-0.05, 0) is 30.9 Å². The van der Waals surface area contributed by atoms with Gasteiger partial charge in [-0.1, -0.05) is 24.3 Å². The van der Waals surface area contributed by atoms with E-state index in [-0.39, 0.29) is 17.5 Å². The van der Waals surface area contributed by atoms with Gasteiger partial charge >= 0.3 is 0 Å². The Morgan fingerprint density at radius 3 is 2.00 bits per heavy atom. The number of hydrogen-bond donors (Lipinski definition) is 0. The molecular formula is C20H20O3. The van der Waals surface area contributed by atoms with Crippen LogP contribution in [0.5, 0.6) is 0 Å². The molecule has 118 valence electrons. The quantitative estimate of drug-likeness (QED) is 0.783. The van der Waals surface area contributed by atoms with Crippen molar-refractivity contribution in [1.29, 1.82) is 0 Å². The molecule has 0 N–H and O–H groups in total. The van der Waals surface area contributed by atoms with E-state index >= 15 is 0 Å². The summed E-state index contributed by atoms with van der Waals surface area (Å²) in [6.07, 6.45) is 4.40. The van der Waals surface area contributed by atoms with Gasteiger partial charge in [0, 0.05) is 42.7 Å². The summed E-state index contributed by atoms with van der Waals surface area (Å²) in [6, 6.07) is 8.07. The molecule has 0 spiro atoms. The van der Waals surface area contributed by atoms with Crippen LogP contribution in [0.3, 0.4) is 0 Å². The lowest BCUT2D eigenvalue weighted by molar-refractivity contribution is -0.117. The van der Waals surface area contributed by atoms with Crippen molar-refractivity contribution < 1.29 is 14.3 Å². The lowest BCUT2D eigenvalue weighted by Crippen LogP contribution is -2.30. The van der Waals surface area contributed by atoms with Crippen molar-refractivity contribution in [2.45, 2.75) is 51.4 Å². The molecular weight excluding hydrogens is 288 g/mol. The number of hydrogen-bond acceptors (Lipinski definition) is 3. The highest BCUT2D eigenvalue weighted by Crippen LogP contribution is 2.48. The Labute approximate surface area is 136 Å². The molecule has 23 heavy (non-hydrogen) atoms. The minimum atomic E-state index is -0.226. The van der Waals surface area contributed by atoms with Gasteiger partial charge in [-0.3, -0.25) is 9.59 Å². The smallest absolute Gasteiger partial charge is 0.163 e. The van der Waals surface area contributed by atoms with E-state index in [0.717, 1.165) is 59.5 Å². The second-order valence-corrected chi connectivity index (χ2v) is 6.62. The minimum absolute atomic E-state index is 0.143. The molecule has 4 rings (SSSR count). The van der Waals surface area contributed by atoms with Crippen molar-refractivity contribution in [1.82, 2.24) is 0 Å². The first-order chi connectivity index (χ1) is 11.2. The van der Waals surface area contributed by atoms with Gasteiger partial charge in [-0.15, -0.1) is 0 Å². The molecule has 0 saturated carbocycles. The summed E-state index contributed by atoms with van der Waals surface area (Å²) in [5, 5.41) is 0. The number of ether oxygens (including phenoxy) is 1. The highest BCUT2D eigenvalue weighted by molar-refractivity contribution is 6.05. The Balaban J connectivity index is 1.94. The predicted molar refractivity (Wildman–Crippen MR) is 86.8 cm³/mol. The lowest BCUT2D eigenvalue weighted by atomic mass is 9.72. The Morgan fingerprint density at radius 1 is 0.870 bits per heavy atom. The number of carbonyl (C=O) groups excluding carboxylic acids is 2. The van der Waals surface area contributed by atoms with Crippen molar-refractivity contribution in [3.8, 4) is 0 Å². The van der Waals surface area contributed by atoms with E-state index in [9.17, 15) is 9.59 Å². The second kappa shape index (κ2) is 5.48. The molecule has 0 atom stereocenters. The number of benzene rings is 1. The normalized spacial score (nSPS) is 22.0. The number of ketones is 2. The maximum absolute atomic E-state index is 12.6. The van der Waals surface area contributed by atoms with Crippen molar-refractivity contribution in [2.75, 3.05) is 0 Å². The van der Waals surface area contributed by atoms with Gasteiger partial charge in [0.2, 0.25) is 0 Å². The molecule has 0 fully saturated rings. The van der Waals surface area contributed by atoms with Crippen LogP contribution in [-0.4, -0.2) is 11.6 Å². The van der Waals surface area contributed by atoms with Crippen LogP contribution < -0.4 is 0 Å². The van der Waals surface area contributed by atoms with Crippen LogP contribution in [0.1, 0.15) is 55.6 Å². The van der Waals surface area contributed by atoms with Crippen LogP contribution in [0, 0.1) is 6.92 Å². The highest BCUT2D eigenvalue weighted by atomic mass is 16.5. The predicted octanol–water partition coefficient (Wildman–Crippen LogP) is 4.12. The topological polar surface area (TPSA) is 43.4 Å². The van der Waals surface area contributed by atoms with Crippen molar-refractivity contribution >= 4 is 11.6 Å². The summed E-state index contributed by atoms with van der Waals surface area (Å²) < 4.78 is 6.04. The molecule has 3 aliphatic rings. The summed E-state index contributed by atoms with van der Waals surface area (Å²) >= 11 is 0. The zero-order chi connectivity index (χ0) is 16.0. The van der Waals surface area contributed by atoms with Gasteiger partial charge in [0.05, 0.1) is 0 Å². The average Bonchev–Trinajstić information content (AvgIpc) is 2.54. The minimum Gasteiger partial charge on any atom is -0.465 e. The van der Waals surface area contributed by atoms with Crippen molar-refractivity contribution in [2.24, 2.45) is 0 Å². The Hall–Kier alpha value is -2.16. The highest BCUT2D eigenvalue weighted by Gasteiger charge is 2.41. The number of allylic oxidation sites excluding steroid dienone is 4. The SMILES string of the molecule is Cc1ccccc1C1C2=C(CCCC2=O)OC2=C1C(=O)CCC2. The van der Waals surface area contributed by atoms with E-state index in [1.807, 2.05) is 31.2 Å². The fourth-order valence-corrected chi connectivity index (χ4v) is 4.04. The fourth-order valence-electron chi connectivity index (χ4n) is 4.04. The molecule has 1 aromatic rings. The van der Waals surface area contributed by atoms with Gasteiger partial charge in [-0.2, -0.15) is 0 Å². The Kier molecular flexibility index (Phi) is 3.44. The van der Waals surface area contributed by atoms with Crippen molar-refractivity contribution in [3.63, 3.8) is 0 Å². The molecule has 0 radical (unpaired) electrons. The van der Waals surface area contributed by atoms with Gasteiger partial charge in [0.15, 0.2) is 11.6 Å². The van der Waals surface area contributed by atoms with E-state index in [2.05, 4.69) is 0 Å². The lowest BCUT2D eigenvalue weighted by Gasteiger charge is -2.36. The van der Waals surface area contributed by atoms with Crippen LogP contribution in [0.4, 0.5) is 0 Å². The zero-order valence-corrected chi connectivity index (χ0v) is 13.4. The number of Topliss-reactive ketones (excluding diaryl/α,β-unsaturated/α-hetero) is 2. The summed E-state index contributed by atoms with van der Waals surface area (Å²) in [6.45, 7) is 2.05. The molecule has 0 saturated heterocycles. The third-order valence-electron chi connectivity index (χ3n) is 5.14. The van der Waals surface area contributed by atoms with E-state index < -0.39 is 0 Å². The molecule has 2 aliphatic carbocycles. The first-order valence-corrected chi connectivity index (χ1v) is 8.42. The monoisotopic (exact) mass is 308 g/mol. The molecule has 1 aliphatic heterocycles. The first kappa shape index (κ1) is 14.4. The number of rotatable bonds is 1. The van der Waals surface area contributed by atoms with E-state index in [0.29, 0.717) is 12.8 Å². The van der Waals surface area contributed by atoms with Crippen LogP contribution in [0.25, 0.3) is 0 Å². The standard InChI is InChI=1S/C20H20O3/c1-12-6-2-3-7-13(12)18-19-14(21)8-4-10-16(19)23-17-11-5-9-15(22)20(17)18/h2-3,6-7,18H,4-5,8-11H2,1H3. The summed E-state index contributed by atoms with van der Waals surface area (Å²) in [5.41, 5.74) is 3.66. The Bertz CT molecular complexity index is 725. The maximum Gasteiger partial charge on any atom is 0.163 e. The third-order valence-corrected chi connectivity index (χ3v) is 5.14. The van der Waals surface area contributed by atoms with Gasteiger partial charge in [-0.25, -0.2) is 0 Å². The Morgan fingerprint density at radius 2 is 1.43 bits per heavy atom. The molecule has 0 bridgehead atoms. The summed E-state index contributed by atoms with van der Waals surface area (Å²) in [4.78, 5) is 25.3. The van der Waals surface area contributed by atoms with Gasteiger partial charge < -0.3 is 4.74 Å². The van der Waals surface area contributed by atoms with Gasteiger partial charge in [0.25, 0.3) is 0 Å². The number of carbonyl (C=O) groups is 2. The molecule has 0 unspecified atom stereocenters.